The maximum absolute atomic E-state index is 6.22. The van der Waals surface area contributed by atoms with Gasteiger partial charge in [-0.2, -0.15) is 0 Å². The van der Waals surface area contributed by atoms with Crippen LogP contribution in [-0.2, 0) is 9.47 Å². The highest BCUT2D eigenvalue weighted by Crippen LogP contribution is 2.31. The van der Waals surface area contributed by atoms with Crippen LogP contribution in [0.15, 0.2) is 0 Å². The molecule has 2 saturated carbocycles. The number of alkyl halides is 1. The van der Waals surface area contributed by atoms with Crippen molar-refractivity contribution < 1.29 is 9.47 Å². The van der Waals surface area contributed by atoms with Crippen molar-refractivity contribution in [3.63, 3.8) is 0 Å². The molecule has 2 rings (SSSR count). The predicted molar refractivity (Wildman–Crippen MR) is 78.4 cm³/mol. The van der Waals surface area contributed by atoms with Gasteiger partial charge in [-0.15, -0.1) is 18.0 Å². The van der Waals surface area contributed by atoms with E-state index < -0.39 is 0 Å². The maximum atomic E-state index is 6.22. The van der Waals surface area contributed by atoms with Crippen molar-refractivity contribution in [2.75, 3.05) is 13.2 Å². The first-order chi connectivity index (χ1) is 9.28. The molecule has 0 aliphatic heterocycles. The van der Waals surface area contributed by atoms with Crippen LogP contribution in [0, 0.1) is 18.3 Å². The molecule has 0 aromatic heterocycles. The van der Waals surface area contributed by atoms with Crippen molar-refractivity contribution >= 4 is 11.6 Å². The molecule has 2 aliphatic carbocycles. The summed E-state index contributed by atoms with van der Waals surface area (Å²) in [6.07, 6.45) is 15.3. The van der Waals surface area contributed by atoms with Crippen molar-refractivity contribution in [2.24, 2.45) is 5.92 Å². The standard InChI is InChI=1S/C16H25ClO2/c1-2-11-18-12-13-3-7-15(8-4-13)19-16-9-5-14(17)6-10-16/h1,13-16H,3-12H2. The van der Waals surface area contributed by atoms with Crippen LogP contribution < -0.4 is 0 Å². The van der Waals surface area contributed by atoms with Crippen LogP contribution in [0.4, 0.5) is 0 Å². The smallest absolute Gasteiger partial charge is 0.107 e. The van der Waals surface area contributed by atoms with Gasteiger partial charge in [0.15, 0.2) is 0 Å². The largest absolute Gasteiger partial charge is 0.375 e. The highest BCUT2D eigenvalue weighted by atomic mass is 35.5. The minimum absolute atomic E-state index is 0.379. The molecule has 108 valence electrons. The average molecular weight is 285 g/mol. The van der Waals surface area contributed by atoms with Gasteiger partial charge in [-0.05, 0) is 57.3 Å². The van der Waals surface area contributed by atoms with E-state index in [2.05, 4.69) is 5.92 Å². The summed E-state index contributed by atoms with van der Waals surface area (Å²) in [6, 6.07) is 0. The van der Waals surface area contributed by atoms with E-state index in [1.807, 2.05) is 0 Å². The fourth-order valence-electron chi connectivity index (χ4n) is 3.15. The molecule has 0 heterocycles. The molecule has 0 atom stereocenters. The Morgan fingerprint density at radius 1 is 0.947 bits per heavy atom. The van der Waals surface area contributed by atoms with Crippen molar-refractivity contribution in [3.05, 3.63) is 0 Å². The second-order valence-corrected chi connectivity index (χ2v) is 6.49. The molecule has 0 N–H and O–H groups in total. The Hall–Kier alpha value is -0.230. The van der Waals surface area contributed by atoms with E-state index in [-0.39, 0.29) is 0 Å². The normalized spacial score (nSPS) is 35.8. The maximum Gasteiger partial charge on any atom is 0.107 e. The van der Waals surface area contributed by atoms with E-state index in [0.29, 0.717) is 30.1 Å². The Bertz CT molecular complexity index is 284. The molecule has 0 amide bonds. The lowest BCUT2D eigenvalue weighted by Crippen LogP contribution is -2.30. The third-order valence-electron chi connectivity index (χ3n) is 4.32. The minimum Gasteiger partial charge on any atom is -0.375 e. The lowest BCUT2D eigenvalue weighted by Gasteiger charge is -2.33. The molecule has 0 aromatic rings. The Morgan fingerprint density at radius 2 is 1.53 bits per heavy atom. The lowest BCUT2D eigenvalue weighted by atomic mass is 9.87. The van der Waals surface area contributed by atoms with Gasteiger partial charge >= 0.3 is 0 Å². The van der Waals surface area contributed by atoms with Crippen molar-refractivity contribution in [2.45, 2.75) is 69.0 Å². The number of halogens is 1. The zero-order chi connectivity index (χ0) is 13.5. The average Bonchev–Trinajstić information content (AvgIpc) is 2.44. The number of hydrogen-bond acceptors (Lipinski definition) is 2. The molecule has 3 heteroatoms. The van der Waals surface area contributed by atoms with Crippen LogP contribution in [0.5, 0.6) is 0 Å². The van der Waals surface area contributed by atoms with Gasteiger partial charge in [-0.1, -0.05) is 5.92 Å². The van der Waals surface area contributed by atoms with Gasteiger partial charge in [0.05, 0.1) is 18.8 Å². The summed E-state index contributed by atoms with van der Waals surface area (Å²) in [7, 11) is 0. The first kappa shape index (κ1) is 15.2. The van der Waals surface area contributed by atoms with Gasteiger partial charge < -0.3 is 9.47 Å². The molecule has 0 saturated heterocycles. The second kappa shape index (κ2) is 8.15. The Morgan fingerprint density at radius 3 is 2.11 bits per heavy atom. The Kier molecular flexibility index (Phi) is 6.50. The van der Waals surface area contributed by atoms with Gasteiger partial charge in [-0.3, -0.25) is 0 Å². The summed E-state index contributed by atoms with van der Waals surface area (Å²) >= 11 is 6.12. The SMILES string of the molecule is C#CCOCC1CCC(OC2CCC(Cl)CC2)CC1. The van der Waals surface area contributed by atoms with E-state index >= 15 is 0 Å². The van der Waals surface area contributed by atoms with Gasteiger partial charge in [0.1, 0.15) is 6.61 Å². The van der Waals surface area contributed by atoms with E-state index in [1.165, 1.54) is 25.7 Å². The lowest BCUT2D eigenvalue weighted by molar-refractivity contribution is -0.0550. The third kappa shape index (κ3) is 5.34. The first-order valence-corrected chi connectivity index (χ1v) is 8.02. The summed E-state index contributed by atoms with van der Waals surface area (Å²) in [5.74, 6) is 3.19. The molecule has 0 aromatic carbocycles. The van der Waals surface area contributed by atoms with Gasteiger partial charge in [-0.25, -0.2) is 0 Å². The highest BCUT2D eigenvalue weighted by molar-refractivity contribution is 6.20. The van der Waals surface area contributed by atoms with Gasteiger partial charge in [0.2, 0.25) is 0 Å². The van der Waals surface area contributed by atoms with Crippen LogP contribution in [0.2, 0.25) is 0 Å². The second-order valence-electron chi connectivity index (χ2n) is 5.87. The monoisotopic (exact) mass is 284 g/mol. The summed E-state index contributed by atoms with van der Waals surface area (Å²) in [4.78, 5) is 0. The number of hydrogen-bond donors (Lipinski definition) is 0. The minimum atomic E-state index is 0.379. The number of ether oxygens (including phenoxy) is 2. The zero-order valence-electron chi connectivity index (χ0n) is 11.7. The quantitative estimate of drug-likeness (QED) is 0.435. The first-order valence-electron chi connectivity index (χ1n) is 7.58. The molecule has 0 spiro atoms. The van der Waals surface area contributed by atoms with Crippen LogP contribution in [0.25, 0.3) is 0 Å². The Balaban J connectivity index is 1.59. The fourth-order valence-corrected chi connectivity index (χ4v) is 3.40. The molecular weight excluding hydrogens is 260 g/mol. The molecule has 2 fully saturated rings. The van der Waals surface area contributed by atoms with E-state index in [4.69, 9.17) is 27.5 Å². The topological polar surface area (TPSA) is 18.5 Å². The van der Waals surface area contributed by atoms with Crippen LogP contribution in [0.1, 0.15) is 51.4 Å². The molecule has 0 bridgehead atoms. The molecular formula is C16H25ClO2. The van der Waals surface area contributed by atoms with Crippen LogP contribution in [0.3, 0.4) is 0 Å². The predicted octanol–water partition coefficient (Wildman–Crippen LogP) is 3.76. The summed E-state index contributed by atoms with van der Waals surface area (Å²) in [6.45, 7) is 1.26. The summed E-state index contributed by atoms with van der Waals surface area (Å²) in [5.41, 5.74) is 0. The van der Waals surface area contributed by atoms with Crippen molar-refractivity contribution in [3.8, 4) is 12.3 Å². The number of terminal acetylenes is 1. The highest BCUT2D eigenvalue weighted by Gasteiger charge is 2.26. The Labute approximate surface area is 122 Å². The van der Waals surface area contributed by atoms with Gasteiger partial charge in [0, 0.05) is 5.38 Å². The zero-order valence-corrected chi connectivity index (χ0v) is 12.4. The summed E-state index contributed by atoms with van der Waals surface area (Å²) < 4.78 is 11.7. The van der Waals surface area contributed by atoms with Crippen LogP contribution >= 0.6 is 11.6 Å². The summed E-state index contributed by atoms with van der Waals surface area (Å²) in [5, 5.41) is 0.379. The van der Waals surface area contributed by atoms with E-state index in [9.17, 15) is 0 Å². The van der Waals surface area contributed by atoms with Crippen molar-refractivity contribution in [1.82, 2.24) is 0 Å². The van der Waals surface area contributed by atoms with Crippen LogP contribution in [-0.4, -0.2) is 30.8 Å². The molecule has 2 nitrogen and oxygen atoms in total. The fraction of sp³-hybridized carbons (Fsp3) is 0.875. The van der Waals surface area contributed by atoms with E-state index in [0.717, 1.165) is 32.3 Å². The molecule has 19 heavy (non-hydrogen) atoms. The number of rotatable bonds is 5. The van der Waals surface area contributed by atoms with Crippen molar-refractivity contribution in [1.29, 1.82) is 0 Å². The van der Waals surface area contributed by atoms with E-state index in [1.54, 1.807) is 0 Å². The third-order valence-corrected chi connectivity index (χ3v) is 4.76. The molecule has 2 aliphatic rings. The molecule has 0 unspecified atom stereocenters. The molecule has 0 radical (unpaired) electrons. The van der Waals surface area contributed by atoms with Gasteiger partial charge in [0.25, 0.3) is 0 Å².